The summed E-state index contributed by atoms with van der Waals surface area (Å²) in [4.78, 5) is 23.4. The molecule has 0 bridgehead atoms. The van der Waals surface area contributed by atoms with Crippen molar-refractivity contribution >= 4 is 17.7 Å². The molecule has 32 heavy (non-hydrogen) atoms. The average Bonchev–Trinajstić information content (AvgIpc) is 3.15. The minimum atomic E-state index is -1.30. The molecule has 1 N–H and O–H groups in total. The van der Waals surface area contributed by atoms with Crippen molar-refractivity contribution in [2.45, 2.75) is 52.6 Å². The van der Waals surface area contributed by atoms with Crippen LogP contribution in [0.1, 0.15) is 50.2 Å². The fourth-order valence-electron chi connectivity index (χ4n) is 3.25. The van der Waals surface area contributed by atoms with Crippen LogP contribution < -0.4 is 4.74 Å². The van der Waals surface area contributed by atoms with E-state index >= 15 is 0 Å². The summed E-state index contributed by atoms with van der Waals surface area (Å²) in [6.45, 7) is 6.94. The highest BCUT2D eigenvalue weighted by atomic mass is 16.7. The van der Waals surface area contributed by atoms with Crippen molar-refractivity contribution in [3.63, 3.8) is 0 Å². The Morgan fingerprint density at radius 2 is 1.91 bits per heavy atom. The highest BCUT2D eigenvalue weighted by molar-refractivity contribution is 5.87. The van der Waals surface area contributed by atoms with Crippen LogP contribution in [0.15, 0.2) is 48.6 Å². The van der Waals surface area contributed by atoms with Crippen LogP contribution in [0.3, 0.4) is 0 Å². The maximum absolute atomic E-state index is 11.7. The van der Waals surface area contributed by atoms with E-state index in [4.69, 9.17) is 14.2 Å². The largest absolute Gasteiger partial charge is 0.510 e. The molecule has 1 atom stereocenters. The van der Waals surface area contributed by atoms with Gasteiger partial charge in [0, 0.05) is 6.42 Å². The Kier molecular flexibility index (Phi) is 6.97. The number of rotatable bonds is 8. The van der Waals surface area contributed by atoms with Crippen molar-refractivity contribution in [3.05, 3.63) is 59.8 Å². The molecule has 1 aliphatic carbocycles. The highest BCUT2D eigenvalue weighted by Gasteiger charge is 2.38. The van der Waals surface area contributed by atoms with Crippen molar-refractivity contribution in [2.24, 2.45) is 5.92 Å². The number of aromatic carboxylic acids is 1. The van der Waals surface area contributed by atoms with Gasteiger partial charge in [-0.25, -0.2) is 9.59 Å². The maximum atomic E-state index is 11.7. The van der Waals surface area contributed by atoms with E-state index in [0.29, 0.717) is 6.42 Å². The number of carboxylic acids is 1. The van der Waals surface area contributed by atoms with Gasteiger partial charge in [-0.05, 0) is 37.0 Å². The zero-order valence-corrected chi connectivity index (χ0v) is 18.5. The van der Waals surface area contributed by atoms with Gasteiger partial charge >= 0.3 is 12.1 Å². The summed E-state index contributed by atoms with van der Waals surface area (Å²) < 4.78 is 17.3. The third kappa shape index (κ3) is 5.16. The highest BCUT2D eigenvalue weighted by Crippen LogP contribution is 2.36. The molecule has 0 amide bonds. The molecule has 1 aromatic heterocycles. The van der Waals surface area contributed by atoms with Crippen LogP contribution in [-0.2, 0) is 16.2 Å². The minimum absolute atomic E-state index is 0.0101. The smallest absolute Gasteiger partial charge is 0.476 e. The molecule has 0 saturated carbocycles. The predicted octanol–water partition coefficient (Wildman–Crippen LogP) is 4.31. The number of carbonyl (C=O) groups excluding carboxylic acids is 1. The zero-order valence-electron chi connectivity index (χ0n) is 18.5. The van der Waals surface area contributed by atoms with Gasteiger partial charge in [-0.1, -0.05) is 61.5 Å². The van der Waals surface area contributed by atoms with Gasteiger partial charge < -0.3 is 19.3 Å². The fraction of sp³-hybridized carbons (Fsp3) is 0.391. The van der Waals surface area contributed by atoms with E-state index < -0.39 is 24.5 Å². The molecule has 9 heteroatoms. The van der Waals surface area contributed by atoms with Crippen LogP contribution in [0.2, 0.25) is 0 Å². The van der Waals surface area contributed by atoms with E-state index in [-0.39, 0.29) is 23.6 Å². The first kappa shape index (κ1) is 23.1. The van der Waals surface area contributed by atoms with Crippen LogP contribution in [0.4, 0.5) is 4.79 Å². The Morgan fingerprint density at radius 1 is 1.19 bits per heavy atom. The SMILES string of the molecule is CC(C)OC(=O)OCn1nnc(C(=O)O)c1OC1(C(C)C)C=CC(c2ccccc2)=CC1. The molecule has 2 aromatic rings. The monoisotopic (exact) mass is 441 g/mol. The van der Waals surface area contributed by atoms with Gasteiger partial charge in [-0.15, -0.1) is 5.10 Å². The number of benzene rings is 1. The molecule has 3 rings (SSSR count). The number of ether oxygens (including phenoxy) is 3. The van der Waals surface area contributed by atoms with Gasteiger partial charge in [0.25, 0.3) is 5.88 Å². The van der Waals surface area contributed by atoms with E-state index in [9.17, 15) is 14.7 Å². The van der Waals surface area contributed by atoms with E-state index in [1.807, 2.05) is 56.3 Å². The summed E-state index contributed by atoms with van der Waals surface area (Å²) >= 11 is 0. The first-order chi connectivity index (χ1) is 15.2. The lowest BCUT2D eigenvalue weighted by Gasteiger charge is -2.36. The number of allylic oxidation sites excluding steroid dienone is 2. The molecule has 0 aliphatic heterocycles. The van der Waals surface area contributed by atoms with Crippen molar-refractivity contribution in [2.75, 3.05) is 0 Å². The normalized spacial score (nSPS) is 17.9. The van der Waals surface area contributed by atoms with Crippen molar-refractivity contribution in [1.82, 2.24) is 15.0 Å². The molecule has 0 spiro atoms. The average molecular weight is 441 g/mol. The van der Waals surface area contributed by atoms with Gasteiger partial charge in [0.1, 0.15) is 5.60 Å². The third-order valence-corrected chi connectivity index (χ3v) is 5.09. The van der Waals surface area contributed by atoms with Crippen molar-refractivity contribution in [3.8, 4) is 5.88 Å². The Labute approximate surface area is 186 Å². The molecule has 9 nitrogen and oxygen atoms in total. The second kappa shape index (κ2) is 9.67. The number of nitrogens with zero attached hydrogens (tertiary/aromatic N) is 3. The van der Waals surface area contributed by atoms with Gasteiger partial charge in [-0.2, -0.15) is 4.68 Å². The van der Waals surface area contributed by atoms with E-state index in [1.54, 1.807) is 13.8 Å². The number of hydrogen-bond donors (Lipinski definition) is 1. The first-order valence-corrected chi connectivity index (χ1v) is 10.4. The van der Waals surface area contributed by atoms with E-state index in [1.165, 1.54) is 0 Å². The second-order valence-corrected chi connectivity index (χ2v) is 8.01. The summed E-state index contributed by atoms with van der Waals surface area (Å²) in [6, 6.07) is 9.94. The maximum Gasteiger partial charge on any atom is 0.510 e. The summed E-state index contributed by atoms with van der Waals surface area (Å²) in [5, 5.41) is 17.0. The van der Waals surface area contributed by atoms with E-state index in [0.717, 1.165) is 15.8 Å². The van der Waals surface area contributed by atoms with Gasteiger partial charge in [0.15, 0.2) is 6.73 Å². The standard InChI is InChI=1S/C23H27N3O6/c1-15(2)23(12-10-18(11-13-23)17-8-6-5-7-9-17)32-20-19(21(27)28)24-25-26(20)14-30-22(29)31-16(3)4/h5-12,15-16H,13-14H2,1-4H3,(H,27,28). The summed E-state index contributed by atoms with van der Waals surface area (Å²) in [5.41, 5.74) is 0.934. The lowest BCUT2D eigenvalue weighted by Crippen LogP contribution is -2.41. The fourth-order valence-corrected chi connectivity index (χ4v) is 3.25. The number of carboxylic acid groups (broad SMARTS) is 1. The molecule has 0 fully saturated rings. The van der Waals surface area contributed by atoms with Crippen LogP contribution >= 0.6 is 0 Å². The molecule has 0 radical (unpaired) electrons. The van der Waals surface area contributed by atoms with Crippen LogP contribution in [0.5, 0.6) is 5.88 Å². The molecule has 0 saturated heterocycles. The zero-order chi connectivity index (χ0) is 23.3. The summed E-state index contributed by atoms with van der Waals surface area (Å²) in [7, 11) is 0. The molecule has 1 aromatic carbocycles. The first-order valence-electron chi connectivity index (χ1n) is 10.4. The van der Waals surface area contributed by atoms with Crippen molar-refractivity contribution in [1.29, 1.82) is 0 Å². The topological polar surface area (TPSA) is 113 Å². The van der Waals surface area contributed by atoms with Gasteiger partial charge in [0.2, 0.25) is 5.69 Å². The minimum Gasteiger partial charge on any atom is -0.476 e. The quantitative estimate of drug-likeness (QED) is 0.603. The summed E-state index contributed by atoms with van der Waals surface area (Å²) in [5.74, 6) is -1.40. The van der Waals surface area contributed by atoms with Crippen LogP contribution in [-0.4, -0.2) is 43.9 Å². The molecule has 1 aliphatic rings. The molecule has 1 heterocycles. The van der Waals surface area contributed by atoms with Crippen LogP contribution in [0, 0.1) is 5.92 Å². The third-order valence-electron chi connectivity index (χ3n) is 5.09. The Balaban J connectivity index is 1.85. The molecule has 170 valence electrons. The number of carbonyl (C=O) groups is 2. The predicted molar refractivity (Wildman–Crippen MR) is 116 cm³/mol. The molecular formula is C23H27N3O6. The number of hydrogen-bond acceptors (Lipinski definition) is 7. The Hall–Kier alpha value is -3.62. The Morgan fingerprint density at radius 3 is 2.47 bits per heavy atom. The lowest BCUT2D eigenvalue weighted by atomic mass is 9.81. The Bertz CT molecular complexity index is 1030. The summed E-state index contributed by atoms with van der Waals surface area (Å²) in [6.07, 6.45) is 5.20. The van der Waals surface area contributed by atoms with E-state index in [2.05, 4.69) is 16.4 Å². The van der Waals surface area contributed by atoms with Crippen molar-refractivity contribution < 1.29 is 28.9 Å². The lowest BCUT2D eigenvalue weighted by molar-refractivity contribution is 0.00448. The second-order valence-electron chi connectivity index (χ2n) is 8.01. The molecule has 1 unspecified atom stereocenters. The van der Waals surface area contributed by atoms with Gasteiger partial charge in [0.05, 0.1) is 6.10 Å². The number of aromatic nitrogens is 3. The van der Waals surface area contributed by atoms with Crippen LogP contribution in [0.25, 0.3) is 5.57 Å². The molecular weight excluding hydrogens is 414 g/mol. The van der Waals surface area contributed by atoms with Gasteiger partial charge in [-0.3, -0.25) is 0 Å².